The van der Waals surface area contributed by atoms with Crippen LogP contribution >= 0.6 is 22.9 Å². The Bertz CT molecular complexity index is 750. The van der Waals surface area contributed by atoms with Crippen LogP contribution in [0.15, 0.2) is 18.2 Å². The molecule has 0 spiro atoms. The lowest BCUT2D eigenvalue weighted by Crippen LogP contribution is -2.20. The van der Waals surface area contributed by atoms with E-state index in [2.05, 4.69) is 15.0 Å². The van der Waals surface area contributed by atoms with Gasteiger partial charge in [0.2, 0.25) is 0 Å². The van der Waals surface area contributed by atoms with Gasteiger partial charge in [0.25, 0.3) is 5.91 Å². The van der Waals surface area contributed by atoms with E-state index >= 15 is 0 Å². The number of esters is 1. The van der Waals surface area contributed by atoms with Gasteiger partial charge in [-0.2, -0.15) is 0 Å². The lowest BCUT2D eigenvalue weighted by Gasteiger charge is -2.06. The van der Waals surface area contributed by atoms with Crippen molar-refractivity contribution in [1.29, 1.82) is 0 Å². The molecule has 0 radical (unpaired) electrons. The third kappa shape index (κ3) is 4.40. The van der Waals surface area contributed by atoms with Crippen molar-refractivity contribution in [2.45, 2.75) is 6.92 Å². The zero-order valence-corrected chi connectivity index (χ0v) is 13.8. The second-order valence-electron chi connectivity index (χ2n) is 4.34. The number of benzene rings is 1. The van der Waals surface area contributed by atoms with Crippen molar-refractivity contribution in [2.24, 2.45) is 0 Å². The molecule has 0 atom stereocenters. The molecular weight excluding hydrogens is 347 g/mol. The second-order valence-corrected chi connectivity index (χ2v) is 5.74. The molecule has 1 aromatic heterocycles. The SMILES string of the molecule is COC(=O)c1sc(NC(=O)COc2ccc(F)c(Cl)c2)nc1C. The fraction of sp³-hybridized carbons (Fsp3) is 0.214. The molecular formula is C14H12ClFN2O4S. The van der Waals surface area contributed by atoms with Gasteiger partial charge in [-0.05, 0) is 19.1 Å². The fourth-order valence-electron chi connectivity index (χ4n) is 1.60. The molecule has 0 fully saturated rings. The van der Waals surface area contributed by atoms with Crippen molar-refractivity contribution >= 4 is 39.9 Å². The number of ether oxygens (including phenoxy) is 2. The number of hydrogen-bond acceptors (Lipinski definition) is 6. The Kier molecular flexibility index (Phi) is 5.51. The number of aryl methyl sites for hydroxylation is 1. The molecule has 1 aromatic carbocycles. The Morgan fingerprint density at radius 2 is 2.17 bits per heavy atom. The average Bonchev–Trinajstić information content (AvgIpc) is 2.88. The minimum absolute atomic E-state index is 0.0961. The van der Waals surface area contributed by atoms with Crippen LogP contribution in [0, 0.1) is 12.7 Å². The Labute approximate surface area is 140 Å². The topological polar surface area (TPSA) is 77.5 Å². The summed E-state index contributed by atoms with van der Waals surface area (Å²) in [5.41, 5.74) is 0.461. The summed E-state index contributed by atoms with van der Waals surface area (Å²) in [5, 5.41) is 2.67. The van der Waals surface area contributed by atoms with E-state index in [0.717, 1.165) is 17.4 Å². The van der Waals surface area contributed by atoms with E-state index in [-0.39, 0.29) is 22.5 Å². The van der Waals surface area contributed by atoms with Gasteiger partial charge in [-0.1, -0.05) is 22.9 Å². The Morgan fingerprint density at radius 3 is 2.83 bits per heavy atom. The standard InChI is InChI=1S/C14H12ClFN2O4S/c1-7-12(13(20)21-2)23-14(17-7)18-11(19)6-22-8-3-4-10(16)9(15)5-8/h3-5H,6H2,1-2H3,(H,17,18,19). The minimum atomic E-state index is -0.572. The molecule has 0 aliphatic heterocycles. The zero-order chi connectivity index (χ0) is 17.0. The summed E-state index contributed by atoms with van der Waals surface area (Å²) in [6, 6.07) is 3.77. The summed E-state index contributed by atoms with van der Waals surface area (Å²) in [4.78, 5) is 27.6. The number of thiazole rings is 1. The van der Waals surface area contributed by atoms with Crippen molar-refractivity contribution in [3.63, 3.8) is 0 Å². The van der Waals surface area contributed by atoms with Crippen LogP contribution in [0.4, 0.5) is 9.52 Å². The molecule has 6 nitrogen and oxygen atoms in total. The van der Waals surface area contributed by atoms with E-state index in [1.807, 2.05) is 0 Å². The normalized spacial score (nSPS) is 10.3. The number of nitrogens with zero attached hydrogens (tertiary/aromatic N) is 1. The minimum Gasteiger partial charge on any atom is -0.484 e. The molecule has 2 aromatic rings. The molecule has 0 aliphatic carbocycles. The highest BCUT2D eigenvalue weighted by atomic mass is 35.5. The second kappa shape index (κ2) is 7.38. The first kappa shape index (κ1) is 17.2. The van der Waals surface area contributed by atoms with Crippen LogP contribution in [-0.2, 0) is 9.53 Å². The monoisotopic (exact) mass is 358 g/mol. The van der Waals surface area contributed by atoms with Crippen LogP contribution in [-0.4, -0.2) is 30.6 Å². The van der Waals surface area contributed by atoms with Gasteiger partial charge in [0.15, 0.2) is 11.7 Å². The van der Waals surface area contributed by atoms with Crippen LogP contribution < -0.4 is 10.1 Å². The fourth-order valence-corrected chi connectivity index (χ4v) is 2.67. The van der Waals surface area contributed by atoms with Gasteiger partial charge in [-0.3, -0.25) is 10.1 Å². The molecule has 0 aliphatic rings. The van der Waals surface area contributed by atoms with Crippen LogP contribution in [0.5, 0.6) is 5.75 Å². The molecule has 1 amide bonds. The smallest absolute Gasteiger partial charge is 0.350 e. The number of methoxy groups -OCH3 is 1. The van der Waals surface area contributed by atoms with Crippen molar-refractivity contribution in [2.75, 3.05) is 19.0 Å². The zero-order valence-electron chi connectivity index (χ0n) is 12.2. The number of aromatic nitrogens is 1. The first-order chi connectivity index (χ1) is 10.9. The lowest BCUT2D eigenvalue weighted by atomic mass is 10.3. The number of nitrogens with one attached hydrogen (secondary N) is 1. The van der Waals surface area contributed by atoms with Crippen LogP contribution in [0.1, 0.15) is 15.4 Å². The van der Waals surface area contributed by atoms with Gasteiger partial charge in [0.05, 0.1) is 17.8 Å². The summed E-state index contributed by atoms with van der Waals surface area (Å²) in [6.07, 6.45) is 0. The summed E-state index contributed by atoms with van der Waals surface area (Å²) in [5.74, 6) is -1.30. The molecule has 2 rings (SSSR count). The highest BCUT2D eigenvalue weighted by Gasteiger charge is 2.17. The molecule has 0 unspecified atom stereocenters. The first-order valence-corrected chi connectivity index (χ1v) is 7.53. The van der Waals surface area contributed by atoms with E-state index in [1.54, 1.807) is 6.92 Å². The van der Waals surface area contributed by atoms with Gasteiger partial charge in [-0.15, -0.1) is 0 Å². The van der Waals surface area contributed by atoms with E-state index in [0.29, 0.717) is 10.6 Å². The molecule has 9 heteroatoms. The van der Waals surface area contributed by atoms with Gasteiger partial charge in [0, 0.05) is 6.07 Å². The van der Waals surface area contributed by atoms with Gasteiger partial charge in [0.1, 0.15) is 16.4 Å². The molecule has 1 heterocycles. The summed E-state index contributed by atoms with van der Waals surface area (Å²) >= 11 is 6.62. The molecule has 23 heavy (non-hydrogen) atoms. The quantitative estimate of drug-likeness (QED) is 0.831. The number of carbonyl (C=O) groups is 2. The summed E-state index contributed by atoms with van der Waals surface area (Å²) in [7, 11) is 1.27. The predicted octanol–water partition coefficient (Wildman–Crippen LogP) is 3.05. The van der Waals surface area contributed by atoms with Crippen molar-refractivity contribution in [3.05, 3.63) is 39.6 Å². The maximum absolute atomic E-state index is 13.0. The summed E-state index contributed by atoms with van der Waals surface area (Å²) in [6.45, 7) is 1.32. The third-order valence-corrected chi connectivity index (χ3v) is 4.02. The predicted molar refractivity (Wildman–Crippen MR) is 83.7 cm³/mol. The van der Waals surface area contributed by atoms with E-state index < -0.39 is 17.7 Å². The molecule has 122 valence electrons. The highest BCUT2D eigenvalue weighted by molar-refractivity contribution is 7.17. The van der Waals surface area contributed by atoms with E-state index in [9.17, 15) is 14.0 Å². The Balaban J connectivity index is 1.94. The number of hydrogen-bond donors (Lipinski definition) is 1. The Hall–Kier alpha value is -2.19. The summed E-state index contributed by atoms with van der Waals surface area (Å²) < 4.78 is 22.8. The molecule has 0 saturated heterocycles. The molecule has 1 N–H and O–H groups in total. The first-order valence-electron chi connectivity index (χ1n) is 6.34. The molecule has 0 saturated carbocycles. The number of rotatable bonds is 5. The van der Waals surface area contributed by atoms with E-state index in [1.165, 1.54) is 19.2 Å². The van der Waals surface area contributed by atoms with Crippen LogP contribution in [0.25, 0.3) is 0 Å². The average molecular weight is 359 g/mol. The van der Waals surface area contributed by atoms with Crippen molar-refractivity contribution in [1.82, 2.24) is 4.98 Å². The largest absolute Gasteiger partial charge is 0.484 e. The molecule has 0 bridgehead atoms. The van der Waals surface area contributed by atoms with Gasteiger partial charge < -0.3 is 9.47 Å². The lowest BCUT2D eigenvalue weighted by molar-refractivity contribution is -0.118. The highest BCUT2D eigenvalue weighted by Crippen LogP contribution is 2.24. The third-order valence-electron chi connectivity index (χ3n) is 2.67. The number of carbonyl (C=O) groups excluding carboxylic acids is 2. The maximum Gasteiger partial charge on any atom is 0.350 e. The van der Waals surface area contributed by atoms with Gasteiger partial charge >= 0.3 is 5.97 Å². The maximum atomic E-state index is 13.0. The number of anilines is 1. The van der Waals surface area contributed by atoms with Crippen LogP contribution in [0.2, 0.25) is 5.02 Å². The number of amides is 1. The van der Waals surface area contributed by atoms with E-state index in [4.69, 9.17) is 16.3 Å². The van der Waals surface area contributed by atoms with Crippen molar-refractivity contribution in [3.8, 4) is 5.75 Å². The van der Waals surface area contributed by atoms with Crippen LogP contribution in [0.3, 0.4) is 0 Å². The van der Waals surface area contributed by atoms with Crippen molar-refractivity contribution < 1.29 is 23.5 Å². The van der Waals surface area contributed by atoms with Gasteiger partial charge in [-0.25, -0.2) is 14.2 Å². The Morgan fingerprint density at radius 1 is 1.43 bits per heavy atom. The number of halogens is 2.